The number of likely N-dealkylation sites (tertiary alicyclic amines) is 1. The molecular weight excluding hydrogens is 400 g/mol. The fourth-order valence-corrected chi connectivity index (χ4v) is 3.97. The molecular formula is C22H27ClN6O. The maximum Gasteiger partial charge on any atom is 0.220 e. The number of piperidine rings is 1. The molecule has 0 saturated carbocycles. The highest BCUT2D eigenvalue weighted by atomic mass is 35.5. The van der Waals surface area contributed by atoms with Gasteiger partial charge in [0.1, 0.15) is 11.3 Å². The largest absolute Gasteiger partial charge is 0.379 e. The molecule has 1 aliphatic heterocycles. The number of carbonyl (C=O) groups is 1. The minimum Gasteiger partial charge on any atom is -0.379 e. The van der Waals surface area contributed by atoms with Crippen molar-refractivity contribution in [3.05, 3.63) is 41.0 Å². The molecule has 3 N–H and O–H groups in total. The van der Waals surface area contributed by atoms with Gasteiger partial charge in [-0.25, -0.2) is 9.97 Å². The number of hydrogen-bond donors (Lipinski definition) is 3. The summed E-state index contributed by atoms with van der Waals surface area (Å²) in [6.45, 7) is 2.14. The van der Waals surface area contributed by atoms with Crippen LogP contribution in [0.25, 0.3) is 22.6 Å². The first-order chi connectivity index (χ1) is 14.5. The molecule has 0 atom stereocenters. The van der Waals surface area contributed by atoms with Gasteiger partial charge in [0.15, 0.2) is 5.65 Å². The van der Waals surface area contributed by atoms with Gasteiger partial charge in [0.2, 0.25) is 5.91 Å². The minimum atomic E-state index is 0.0453. The number of pyridine rings is 1. The zero-order valence-corrected chi connectivity index (χ0v) is 18.1. The Bertz CT molecular complexity index is 1020. The molecule has 30 heavy (non-hydrogen) atoms. The van der Waals surface area contributed by atoms with E-state index in [9.17, 15) is 4.79 Å². The van der Waals surface area contributed by atoms with E-state index in [-0.39, 0.29) is 5.91 Å². The lowest BCUT2D eigenvalue weighted by Crippen LogP contribution is -2.36. The van der Waals surface area contributed by atoms with E-state index in [2.05, 4.69) is 32.5 Å². The molecule has 0 bridgehead atoms. The van der Waals surface area contributed by atoms with Crippen LogP contribution in [0, 0.1) is 0 Å². The average Bonchev–Trinajstić information content (AvgIpc) is 3.20. The van der Waals surface area contributed by atoms with Crippen molar-refractivity contribution in [3.8, 4) is 11.4 Å². The topological polar surface area (TPSA) is 85.9 Å². The lowest BCUT2D eigenvalue weighted by molar-refractivity contribution is -0.120. The summed E-state index contributed by atoms with van der Waals surface area (Å²) >= 11 is 6.48. The average molecular weight is 427 g/mol. The van der Waals surface area contributed by atoms with Crippen molar-refractivity contribution < 1.29 is 4.79 Å². The number of nitrogens with zero attached hydrogens (tertiary/aromatic N) is 3. The molecule has 0 unspecified atom stereocenters. The summed E-state index contributed by atoms with van der Waals surface area (Å²) in [7, 11) is 3.81. The molecule has 8 heteroatoms. The SMILES string of the molecule is CNC(=O)CCc1ccc(-c2nc3c(NC4CCN(C)CC4)c(Cl)cnc3[nH]2)cc1. The Hall–Kier alpha value is -2.64. The van der Waals surface area contributed by atoms with Gasteiger partial charge in [0, 0.05) is 25.1 Å². The number of amides is 1. The Morgan fingerprint density at radius 2 is 2.00 bits per heavy atom. The molecule has 4 rings (SSSR count). The summed E-state index contributed by atoms with van der Waals surface area (Å²) in [5.74, 6) is 0.799. The van der Waals surface area contributed by atoms with Gasteiger partial charge in [-0.2, -0.15) is 0 Å². The van der Waals surface area contributed by atoms with E-state index in [0.717, 1.165) is 54.1 Å². The zero-order valence-electron chi connectivity index (χ0n) is 17.3. The van der Waals surface area contributed by atoms with E-state index >= 15 is 0 Å². The third kappa shape index (κ3) is 4.57. The molecule has 0 spiro atoms. The molecule has 3 heterocycles. The van der Waals surface area contributed by atoms with E-state index in [1.54, 1.807) is 13.2 Å². The van der Waals surface area contributed by atoms with Gasteiger partial charge >= 0.3 is 0 Å². The summed E-state index contributed by atoms with van der Waals surface area (Å²) in [4.78, 5) is 26.3. The fraction of sp³-hybridized carbons (Fsp3) is 0.409. The second-order valence-corrected chi connectivity index (χ2v) is 8.26. The lowest BCUT2D eigenvalue weighted by atomic mass is 10.1. The van der Waals surface area contributed by atoms with E-state index < -0.39 is 0 Å². The van der Waals surface area contributed by atoms with Gasteiger partial charge in [-0.05, 0) is 45.0 Å². The van der Waals surface area contributed by atoms with E-state index in [4.69, 9.17) is 16.6 Å². The zero-order chi connectivity index (χ0) is 21.1. The number of aromatic amines is 1. The van der Waals surface area contributed by atoms with Gasteiger partial charge in [-0.1, -0.05) is 35.9 Å². The van der Waals surface area contributed by atoms with Crippen LogP contribution < -0.4 is 10.6 Å². The van der Waals surface area contributed by atoms with E-state index in [1.165, 1.54) is 0 Å². The Balaban J connectivity index is 1.55. The first-order valence-electron chi connectivity index (χ1n) is 10.3. The van der Waals surface area contributed by atoms with E-state index in [0.29, 0.717) is 29.6 Å². The highest BCUT2D eigenvalue weighted by Crippen LogP contribution is 2.32. The number of fused-ring (bicyclic) bond motifs is 1. The number of imidazole rings is 1. The lowest BCUT2D eigenvalue weighted by Gasteiger charge is -2.30. The van der Waals surface area contributed by atoms with Crippen molar-refractivity contribution in [1.29, 1.82) is 0 Å². The molecule has 7 nitrogen and oxygen atoms in total. The monoisotopic (exact) mass is 426 g/mol. The summed E-state index contributed by atoms with van der Waals surface area (Å²) in [5, 5.41) is 6.84. The fourth-order valence-electron chi connectivity index (χ4n) is 3.77. The van der Waals surface area contributed by atoms with Gasteiger partial charge in [0.05, 0.1) is 16.9 Å². The van der Waals surface area contributed by atoms with Crippen molar-refractivity contribution in [2.75, 3.05) is 32.5 Å². The van der Waals surface area contributed by atoms with Crippen LogP contribution in [-0.4, -0.2) is 59.0 Å². The smallest absolute Gasteiger partial charge is 0.220 e. The number of hydrogen-bond acceptors (Lipinski definition) is 5. The minimum absolute atomic E-state index is 0.0453. The maximum atomic E-state index is 11.4. The maximum absolute atomic E-state index is 11.4. The second kappa shape index (κ2) is 9.02. The highest BCUT2D eigenvalue weighted by Gasteiger charge is 2.20. The van der Waals surface area contributed by atoms with Crippen molar-refractivity contribution in [3.63, 3.8) is 0 Å². The van der Waals surface area contributed by atoms with Crippen molar-refractivity contribution in [1.82, 2.24) is 25.2 Å². The number of nitrogens with one attached hydrogen (secondary N) is 3. The number of H-pyrrole nitrogens is 1. The van der Waals surface area contributed by atoms with Crippen LogP contribution in [0.3, 0.4) is 0 Å². The van der Waals surface area contributed by atoms with Crippen LogP contribution in [0.1, 0.15) is 24.8 Å². The number of carbonyl (C=O) groups excluding carboxylic acids is 1. The summed E-state index contributed by atoms with van der Waals surface area (Å²) in [5.41, 5.74) is 4.41. The number of anilines is 1. The van der Waals surface area contributed by atoms with Crippen LogP contribution in [0.15, 0.2) is 30.5 Å². The van der Waals surface area contributed by atoms with Gasteiger partial charge < -0.3 is 20.5 Å². The van der Waals surface area contributed by atoms with Crippen molar-refractivity contribution in [2.45, 2.75) is 31.7 Å². The number of benzene rings is 1. The summed E-state index contributed by atoms with van der Waals surface area (Å²) in [6.07, 6.45) is 5.01. The highest BCUT2D eigenvalue weighted by molar-refractivity contribution is 6.34. The third-order valence-electron chi connectivity index (χ3n) is 5.68. The first kappa shape index (κ1) is 20.6. The van der Waals surface area contributed by atoms with E-state index in [1.807, 2.05) is 24.3 Å². The predicted molar refractivity (Wildman–Crippen MR) is 121 cm³/mol. The van der Waals surface area contributed by atoms with Crippen LogP contribution in [0.4, 0.5) is 5.69 Å². The molecule has 2 aromatic heterocycles. The molecule has 3 aromatic rings. The molecule has 1 aromatic carbocycles. The molecule has 1 amide bonds. The Labute approximate surface area is 181 Å². The Morgan fingerprint density at radius 1 is 1.27 bits per heavy atom. The molecule has 0 aliphatic carbocycles. The Morgan fingerprint density at radius 3 is 2.70 bits per heavy atom. The first-order valence-corrected chi connectivity index (χ1v) is 10.7. The van der Waals surface area contributed by atoms with Crippen molar-refractivity contribution >= 4 is 34.4 Å². The quantitative estimate of drug-likeness (QED) is 0.562. The molecule has 1 fully saturated rings. The van der Waals surface area contributed by atoms with Crippen LogP contribution >= 0.6 is 11.6 Å². The Kier molecular flexibility index (Phi) is 6.20. The van der Waals surface area contributed by atoms with Crippen molar-refractivity contribution in [2.24, 2.45) is 0 Å². The molecule has 0 radical (unpaired) electrons. The van der Waals surface area contributed by atoms with Gasteiger partial charge in [-0.3, -0.25) is 4.79 Å². The van der Waals surface area contributed by atoms with Gasteiger partial charge in [-0.15, -0.1) is 0 Å². The number of rotatable bonds is 6. The molecule has 1 aliphatic rings. The third-order valence-corrected chi connectivity index (χ3v) is 5.97. The van der Waals surface area contributed by atoms with Crippen LogP contribution in [0.5, 0.6) is 0 Å². The number of aromatic nitrogens is 3. The summed E-state index contributed by atoms with van der Waals surface area (Å²) < 4.78 is 0. The molecule has 158 valence electrons. The second-order valence-electron chi connectivity index (χ2n) is 7.86. The number of halogens is 1. The standard InChI is InChI=1S/C22H27ClN6O/c1-24-18(30)8-5-14-3-6-15(7-4-14)21-27-20-19(17(23)13-25-22(20)28-21)26-16-9-11-29(2)12-10-16/h3-4,6-7,13,16H,5,8-12H2,1-2H3,(H,24,30)(H2,25,26,27,28). The normalized spacial score (nSPS) is 15.4. The molecule has 1 saturated heterocycles. The van der Waals surface area contributed by atoms with Gasteiger partial charge in [0.25, 0.3) is 0 Å². The predicted octanol–water partition coefficient (Wildman–Crippen LogP) is 3.46. The van der Waals surface area contributed by atoms with Crippen LogP contribution in [-0.2, 0) is 11.2 Å². The number of aryl methyl sites for hydroxylation is 1. The van der Waals surface area contributed by atoms with Crippen LogP contribution in [0.2, 0.25) is 5.02 Å². The summed E-state index contributed by atoms with van der Waals surface area (Å²) in [6, 6.07) is 8.47.